The van der Waals surface area contributed by atoms with E-state index in [0.29, 0.717) is 5.69 Å². The molecule has 3 nitrogen and oxygen atoms in total. The summed E-state index contributed by atoms with van der Waals surface area (Å²) in [6, 6.07) is 7.62. The lowest BCUT2D eigenvalue weighted by molar-refractivity contribution is 0.679. The lowest BCUT2D eigenvalue weighted by Gasteiger charge is -2.28. The average Bonchev–Trinajstić information content (AvgIpc) is 2.30. The summed E-state index contributed by atoms with van der Waals surface area (Å²) < 4.78 is 0. The molecule has 2 heterocycles. The maximum Gasteiger partial charge on any atom is 0.142 e. The first-order valence-corrected chi connectivity index (χ1v) is 5.08. The molecule has 3 heteroatoms. The van der Waals surface area contributed by atoms with E-state index in [4.69, 9.17) is 5.26 Å². The first kappa shape index (κ1) is 9.72. The summed E-state index contributed by atoms with van der Waals surface area (Å²) >= 11 is 0. The van der Waals surface area contributed by atoms with Gasteiger partial charge in [0.05, 0.1) is 0 Å². The van der Waals surface area contributed by atoms with E-state index in [-0.39, 0.29) is 0 Å². The van der Waals surface area contributed by atoms with Crippen LogP contribution in [0.3, 0.4) is 0 Å². The Morgan fingerprint density at radius 3 is 2.73 bits per heavy atom. The van der Waals surface area contributed by atoms with Crippen molar-refractivity contribution in [2.24, 2.45) is 0 Å². The van der Waals surface area contributed by atoms with Crippen molar-refractivity contribution in [1.29, 1.82) is 5.26 Å². The van der Waals surface area contributed by atoms with Gasteiger partial charge in [-0.1, -0.05) is 18.2 Å². The van der Waals surface area contributed by atoms with Gasteiger partial charge in [-0.25, -0.2) is 4.98 Å². The minimum Gasteiger partial charge on any atom is -0.356 e. The predicted molar refractivity (Wildman–Crippen MR) is 59.5 cm³/mol. The van der Waals surface area contributed by atoms with E-state index in [2.05, 4.69) is 22.5 Å². The molecule has 0 bridgehead atoms. The molecular weight excluding hydrogens is 186 g/mol. The Kier molecular flexibility index (Phi) is 2.68. The summed E-state index contributed by atoms with van der Waals surface area (Å²) in [6.07, 6.45) is 2.05. The van der Waals surface area contributed by atoms with Gasteiger partial charge in [0.1, 0.15) is 17.6 Å². The minimum absolute atomic E-state index is 0.483. The van der Waals surface area contributed by atoms with E-state index in [1.807, 2.05) is 12.1 Å². The van der Waals surface area contributed by atoms with Crippen molar-refractivity contribution in [2.45, 2.75) is 12.8 Å². The van der Waals surface area contributed by atoms with E-state index in [0.717, 1.165) is 31.7 Å². The van der Waals surface area contributed by atoms with Crippen molar-refractivity contribution in [3.63, 3.8) is 0 Å². The van der Waals surface area contributed by atoms with Crippen LogP contribution in [0.5, 0.6) is 0 Å². The monoisotopic (exact) mass is 199 g/mol. The maximum absolute atomic E-state index is 8.76. The summed E-state index contributed by atoms with van der Waals surface area (Å²) in [5.41, 5.74) is 1.79. The Labute approximate surface area is 89.7 Å². The molecule has 0 aromatic carbocycles. The van der Waals surface area contributed by atoms with Crippen molar-refractivity contribution in [3.05, 3.63) is 36.0 Å². The molecule has 1 aliphatic heterocycles. The third-order valence-electron chi connectivity index (χ3n) is 2.64. The van der Waals surface area contributed by atoms with Crippen LogP contribution in [0, 0.1) is 11.3 Å². The highest BCUT2D eigenvalue weighted by atomic mass is 15.2. The van der Waals surface area contributed by atoms with E-state index in [1.165, 1.54) is 5.57 Å². The zero-order chi connectivity index (χ0) is 10.7. The predicted octanol–water partition coefficient (Wildman–Crippen LogP) is 2.11. The molecule has 0 radical (unpaired) electrons. The highest BCUT2D eigenvalue weighted by Crippen LogP contribution is 2.19. The van der Waals surface area contributed by atoms with Crippen LogP contribution in [0.4, 0.5) is 5.82 Å². The van der Waals surface area contributed by atoms with Crippen molar-refractivity contribution in [1.82, 2.24) is 4.98 Å². The molecule has 0 saturated carbocycles. The molecule has 0 unspecified atom stereocenters. The number of pyridine rings is 1. The molecule has 0 spiro atoms. The van der Waals surface area contributed by atoms with Crippen molar-refractivity contribution in [3.8, 4) is 6.07 Å². The molecule has 0 atom stereocenters. The summed E-state index contributed by atoms with van der Waals surface area (Å²) in [4.78, 5) is 6.48. The van der Waals surface area contributed by atoms with Crippen LogP contribution in [-0.4, -0.2) is 18.1 Å². The Morgan fingerprint density at radius 2 is 2.07 bits per heavy atom. The van der Waals surface area contributed by atoms with Crippen LogP contribution < -0.4 is 4.90 Å². The molecule has 0 aliphatic carbocycles. The quantitative estimate of drug-likeness (QED) is 0.650. The van der Waals surface area contributed by atoms with Crippen LogP contribution in [0.25, 0.3) is 0 Å². The van der Waals surface area contributed by atoms with Crippen molar-refractivity contribution < 1.29 is 0 Å². The van der Waals surface area contributed by atoms with Gasteiger partial charge < -0.3 is 4.90 Å². The standard InChI is InChI=1S/C12H13N3/c1-10-5-7-15(8-6-10)12-4-2-3-11(9-13)14-12/h2-4H,1,5-8H2. The highest BCUT2D eigenvalue weighted by molar-refractivity contribution is 5.42. The van der Waals surface area contributed by atoms with Gasteiger partial charge in [-0.3, -0.25) is 0 Å². The summed E-state index contributed by atoms with van der Waals surface area (Å²) in [7, 11) is 0. The third kappa shape index (κ3) is 2.16. The van der Waals surface area contributed by atoms with Crippen LogP contribution >= 0.6 is 0 Å². The Bertz CT molecular complexity index is 407. The number of aromatic nitrogens is 1. The van der Waals surface area contributed by atoms with E-state index in [9.17, 15) is 0 Å². The molecule has 0 N–H and O–H groups in total. The Morgan fingerprint density at radius 1 is 1.33 bits per heavy atom. The van der Waals surface area contributed by atoms with E-state index < -0.39 is 0 Å². The lowest BCUT2D eigenvalue weighted by atomic mass is 10.1. The average molecular weight is 199 g/mol. The molecule has 2 rings (SSSR count). The van der Waals surface area contributed by atoms with E-state index in [1.54, 1.807) is 6.07 Å². The summed E-state index contributed by atoms with van der Waals surface area (Å²) in [6.45, 7) is 5.89. The molecule has 1 aromatic rings. The summed E-state index contributed by atoms with van der Waals surface area (Å²) in [5.74, 6) is 0.904. The van der Waals surface area contributed by atoms with Gasteiger partial charge in [-0.2, -0.15) is 5.26 Å². The maximum atomic E-state index is 8.76. The number of piperidine rings is 1. The number of hydrogen-bond acceptors (Lipinski definition) is 3. The molecule has 1 saturated heterocycles. The molecular formula is C12H13N3. The summed E-state index contributed by atoms with van der Waals surface area (Å²) in [5, 5.41) is 8.76. The van der Waals surface area contributed by atoms with Crippen LogP contribution in [-0.2, 0) is 0 Å². The fourth-order valence-electron chi connectivity index (χ4n) is 1.71. The van der Waals surface area contributed by atoms with Crippen LogP contribution in [0.1, 0.15) is 18.5 Å². The van der Waals surface area contributed by atoms with Crippen LogP contribution in [0.2, 0.25) is 0 Å². The number of rotatable bonds is 1. The van der Waals surface area contributed by atoms with Gasteiger partial charge in [-0.15, -0.1) is 0 Å². The molecule has 1 aliphatic rings. The zero-order valence-electron chi connectivity index (χ0n) is 8.61. The largest absolute Gasteiger partial charge is 0.356 e. The lowest BCUT2D eigenvalue weighted by Crippen LogP contribution is -2.31. The molecule has 0 amide bonds. The number of nitrogens with zero attached hydrogens (tertiary/aromatic N) is 3. The zero-order valence-corrected chi connectivity index (χ0v) is 8.61. The molecule has 76 valence electrons. The fourth-order valence-corrected chi connectivity index (χ4v) is 1.71. The highest BCUT2D eigenvalue weighted by Gasteiger charge is 2.13. The topological polar surface area (TPSA) is 39.9 Å². The first-order chi connectivity index (χ1) is 7.29. The molecule has 15 heavy (non-hydrogen) atoms. The first-order valence-electron chi connectivity index (χ1n) is 5.08. The minimum atomic E-state index is 0.483. The third-order valence-corrected chi connectivity index (χ3v) is 2.64. The normalized spacial score (nSPS) is 16.2. The van der Waals surface area contributed by atoms with Gasteiger partial charge in [-0.05, 0) is 25.0 Å². The SMILES string of the molecule is C=C1CCN(c2cccc(C#N)n2)CC1. The second-order valence-corrected chi connectivity index (χ2v) is 3.73. The van der Waals surface area contributed by atoms with Crippen molar-refractivity contribution in [2.75, 3.05) is 18.0 Å². The fraction of sp³-hybridized carbons (Fsp3) is 0.333. The van der Waals surface area contributed by atoms with Gasteiger partial charge in [0, 0.05) is 13.1 Å². The molecule has 1 aromatic heterocycles. The van der Waals surface area contributed by atoms with Crippen molar-refractivity contribution >= 4 is 5.82 Å². The number of nitriles is 1. The Balaban J connectivity index is 2.16. The van der Waals surface area contributed by atoms with Gasteiger partial charge in [0.2, 0.25) is 0 Å². The number of hydrogen-bond donors (Lipinski definition) is 0. The smallest absolute Gasteiger partial charge is 0.142 e. The van der Waals surface area contributed by atoms with Crippen LogP contribution in [0.15, 0.2) is 30.4 Å². The molecule has 1 fully saturated rings. The Hall–Kier alpha value is -1.82. The van der Waals surface area contributed by atoms with Gasteiger partial charge >= 0.3 is 0 Å². The van der Waals surface area contributed by atoms with Gasteiger partial charge in [0.15, 0.2) is 0 Å². The second kappa shape index (κ2) is 4.14. The second-order valence-electron chi connectivity index (χ2n) is 3.73. The van der Waals surface area contributed by atoms with E-state index >= 15 is 0 Å². The number of anilines is 1. The van der Waals surface area contributed by atoms with Gasteiger partial charge in [0.25, 0.3) is 0 Å².